The molecule has 0 atom stereocenters. The van der Waals surface area contributed by atoms with E-state index in [1.165, 1.54) is 4.90 Å². The number of hydrogen-bond donors (Lipinski definition) is 1. The number of amides is 1. The van der Waals surface area contributed by atoms with E-state index in [0.29, 0.717) is 6.07 Å². The Bertz CT molecular complexity index is 1340. The van der Waals surface area contributed by atoms with Gasteiger partial charge in [-0.05, 0) is 18.2 Å². The maximum Gasteiger partial charge on any atom is 0.417 e. The molecule has 0 fully saturated rings. The first-order chi connectivity index (χ1) is 14.3. The van der Waals surface area contributed by atoms with Crippen LogP contribution in [0.15, 0.2) is 57.9 Å². The maximum atomic E-state index is 13.3. The predicted octanol–water partition coefficient (Wildman–Crippen LogP) is 3.48. The van der Waals surface area contributed by atoms with E-state index in [0.717, 1.165) is 23.0 Å². The third-order valence-electron chi connectivity index (χ3n) is 5.00. The van der Waals surface area contributed by atoms with E-state index in [2.05, 4.69) is 10.1 Å². The lowest BCUT2D eigenvalue weighted by atomic mass is 10.1. The highest BCUT2D eigenvalue weighted by molar-refractivity contribution is 5.96. The van der Waals surface area contributed by atoms with Crippen molar-refractivity contribution >= 4 is 17.0 Å². The molecule has 0 radical (unpaired) electrons. The Morgan fingerprint density at radius 2 is 1.90 bits per heavy atom. The number of nitrogens with zero attached hydrogens (tertiary/aromatic N) is 3. The lowest BCUT2D eigenvalue weighted by Crippen LogP contribution is -2.25. The second-order valence-corrected chi connectivity index (χ2v) is 6.92. The first-order valence-corrected chi connectivity index (χ1v) is 8.96. The van der Waals surface area contributed by atoms with Crippen molar-refractivity contribution in [1.82, 2.24) is 19.7 Å². The number of fused-ring (bicyclic) bond motifs is 2. The van der Waals surface area contributed by atoms with E-state index < -0.39 is 23.2 Å². The van der Waals surface area contributed by atoms with E-state index in [4.69, 9.17) is 4.42 Å². The molecule has 0 aliphatic carbocycles. The highest BCUT2D eigenvalue weighted by Crippen LogP contribution is 2.35. The van der Waals surface area contributed by atoms with Crippen molar-refractivity contribution in [2.75, 3.05) is 0 Å². The molecule has 7 nitrogen and oxygen atoms in total. The van der Waals surface area contributed by atoms with Crippen LogP contribution in [0.1, 0.15) is 27.4 Å². The number of carbonyl (C=O) groups excluding carboxylic acids is 1. The van der Waals surface area contributed by atoms with Crippen molar-refractivity contribution in [3.63, 3.8) is 0 Å². The number of furan rings is 1. The summed E-state index contributed by atoms with van der Waals surface area (Å²) in [5.41, 5.74) is 0.00505. The molecular formula is C20H13F3N4O3. The van der Waals surface area contributed by atoms with Crippen LogP contribution in [-0.2, 0) is 19.3 Å². The second-order valence-electron chi connectivity index (χ2n) is 6.92. The maximum absolute atomic E-state index is 13.3. The summed E-state index contributed by atoms with van der Waals surface area (Å²) in [5.74, 6) is -0.849. The average Bonchev–Trinajstić information content (AvgIpc) is 3.40. The van der Waals surface area contributed by atoms with Crippen molar-refractivity contribution < 1.29 is 22.4 Å². The number of carbonyl (C=O) groups is 1. The highest BCUT2D eigenvalue weighted by atomic mass is 19.4. The van der Waals surface area contributed by atoms with E-state index >= 15 is 0 Å². The normalized spacial score (nSPS) is 13.8. The quantitative estimate of drug-likeness (QED) is 0.544. The standard InChI is InChI=1S/C20H13F3N4O3/c21-20(22,23)14-7-17(28)25-18-13(14)6-16(30-18)19(29)26-9-11-8-24-27(15(11)10-26)12-4-2-1-3-5-12/h1-8H,9-10H2,(H,25,28). The molecule has 1 amide bonds. The molecule has 1 aliphatic heterocycles. The Hall–Kier alpha value is -3.82. The number of para-hydroxylation sites is 1. The zero-order valence-corrected chi connectivity index (χ0v) is 15.2. The fourth-order valence-corrected chi connectivity index (χ4v) is 3.62. The molecule has 0 bridgehead atoms. The summed E-state index contributed by atoms with van der Waals surface area (Å²) < 4.78 is 46.8. The minimum absolute atomic E-state index is 0.225. The van der Waals surface area contributed by atoms with Crippen LogP contribution < -0.4 is 5.56 Å². The van der Waals surface area contributed by atoms with Crippen LogP contribution in [0.25, 0.3) is 16.8 Å². The van der Waals surface area contributed by atoms with Gasteiger partial charge in [0.25, 0.3) is 11.5 Å². The summed E-state index contributed by atoms with van der Waals surface area (Å²) in [4.78, 5) is 28.1. The van der Waals surface area contributed by atoms with Gasteiger partial charge in [0.2, 0.25) is 5.71 Å². The van der Waals surface area contributed by atoms with E-state index in [1.54, 1.807) is 10.9 Å². The van der Waals surface area contributed by atoms with E-state index in [1.807, 2.05) is 30.3 Å². The molecule has 10 heteroatoms. The lowest BCUT2D eigenvalue weighted by molar-refractivity contribution is -0.136. The summed E-state index contributed by atoms with van der Waals surface area (Å²) in [6.45, 7) is 0.476. The number of aromatic nitrogens is 3. The van der Waals surface area contributed by atoms with Crippen LogP contribution in [0, 0.1) is 0 Å². The fourth-order valence-electron chi connectivity index (χ4n) is 3.62. The van der Waals surface area contributed by atoms with Gasteiger partial charge >= 0.3 is 6.18 Å². The zero-order valence-electron chi connectivity index (χ0n) is 15.2. The van der Waals surface area contributed by atoms with Gasteiger partial charge in [-0.1, -0.05) is 18.2 Å². The van der Waals surface area contributed by atoms with Crippen molar-refractivity contribution in [3.05, 3.63) is 81.6 Å². The SMILES string of the molecule is O=C(c1cc2c(C(F)(F)F)cc(=O)[nH]c2o1)N1Cc2cnn(-c3ccccc3)c2C1. The number of rotatable bonds is 2. The third kappa shape index (κ3) is 2.88. The van der Waals surface area contributed by atoms with Crippen molar-refractivity contribution in [2.45, 2.75) is 19.3 Å². The molecule has 4 heterocycles. The molecule has 1 aliphatic rings. The van der Waals surface area contributed by atoms with Gasteiger partial charge in [0.15, 0.2) is 5.76 Å². The summed E-state index contributed by atoms with van der Waals surface area (Å²) in [6, 6.07) is 10.8. The Labute approximate surface area is 166 Å². The smallest absolute Gasteiger partial charge is 0.417 e. The van der Waals surface area contributed by atoms with Gasteiger partial charge in [-0.25, -0.2) is 4.68 Å². The van der Waals surface area contributed by atoms with Crippen molar-refractivity contribution in [1.29, 1.82) is 0 Å². The Morgan fingerprint density at radius 3 is 2.63 bits per heavy atom. The molecule has 1 N–H and O–H groups in total. The van der Waals surface area contributed by atoms with Gasteiger partial charge in [-0.15, -0.1) is 0 Å². The molecule has 0 saturated heterocycles. The molecule has 0 spiro atoms. The number of hydrogen-bond acceptors (Lipinski definition) is 4. The first kappa shape index (κ1) is 18.2. The largest absolute Gasteiger partial charge is 0.434 e. The Morgan fingerprint density at radius 1 is 1.13 bits per heavy atom. The second kappa shape index (κ2) is 6.34. The van der Waals surface area contributed by atoms with Crippen LogP contribution in [0.2, 0.25) is 0 Å². The number of pyridine rings is 1. The first-order valence-electron chi connectivity index (χ1n) is 8.96. The van der Waals surface area contributed by atoms with Crippen LogP contribution in [0.4, 0.5) is 13.2 Å². The van der Waals surface area contributed by atoms with Gasteiger partial charge < -0.3 is 9.32 Å². The van der Waals surface area contributed by atoms with Gasteiger partial charge in [0.05, 0.1) is 35.1 Å². The predicted molar refractivity (Wildman–Crippen MR) is 99.0 cm³/mol. The molecule has 3 aromatic heterocycles. The summed E-state index contributed by atoms with van der Waals surface area (Å²) >= 11 is 0. The van der Waals surface area contributed by atoms with Crippen molar-refractivity contribution in [3.8, 4) is 5.69 Å². The summed E-state index contributed by atoms with van der Waals surface area (Å²) in [7, 11) is 0. The third-order valence-corrected chi connectivity index (χ3v) is 5.00. The van der Waals surface area contributed by atoms with Gasteiger partial charge in [-0.3, -0.25) is 14.6 Å². The number of benzene rings is 1. The molecule has 5 rings (SSSR count). The summed E-state index contributed by atoms with van der Waals surface area (Å²) in [6.07, 6.45) is -3.09. The van der Waals surface area contributed by atoms with E-state index in [9.17, 15) is 22.8 Å². The minimum atomic E-state index is -4.75. The monoisotopic (exact) mass is 414 g/mol. The molecule has 4 aromatic rings. The number of H-pyrrole nitrogens is 1. The fraction of sp³-hybridized carbons (Fsp3) is 0.150. The molecule has 152 valence electrons. The average molecular weight is 414 g/mol. The molecule has 0 unspecified atom stereocenters. The zero-order chi connectivity index (χ0) is 21.0. The van der Waals surface area contributed by atoms with Crippen LogP contribution in [-0.4, -0.2) is 25.6 Å². The van der Waals surface area contributed by atoms with Gasteiger partial charge in [0.1, 0.15) is 0 Å². The number of alkyl halides is 3. The van der Waals surface area contributed by atoms with Gasteiger partial charge in [0, 0.05) is 18.2 Å². The number of halogens is 3. The lowest BCUT2D eigenvalue weighted by Gasteiger charge is -2.14. The molecular weight excluding hydrogens is 401 g/mol. The van der Waals surface area contributed by atoms with Crippen LogP contribution in [0.5, 0.6) is 0 Å². The van der Waals surface area contributed by atoms with Gasteiger partial charge in [-0.2, -0.15) is 18.3 Å². The van der Waals surface area contributed by atoms with Crippen LogP contribution in [0.3, 0.4) is 0 Å². The van der Waals surface area contributed by atoms with Crippen LogP contribution >= 0.6 is 0 Å². The number of aromatic amines is 1. The topological polar surface area (TPSA) is 84.1 Å². The summed E-state index contributed by atoms with van der Waals surface area (Å²) in [5, 5.41) is 3.98. The Kier molecular flexibility index (Phi) is 3.85. The minimum Gasteiger partial charge on any atom is -0.434 e. The molecule has 0 saturated carbocycles. The number of nitrogens with one attached hydrogen (secondary N) is 1. The molecule has 30 heavy (non-hydrogen) atoms. The Balaban J connectivity index is 1.48. The van der Waals surface area contributed by atoms with Crippen molar-refractivity contribution in [2.24, 2.45) is 0 Å². The highest BCUT2D eigenvalue weighted by Gasteiger charge is 2.36. The molecule has 1 aromatic carbocycles. The van der Waals surface area contributed by atoms with E-state index in [-0.39, 0.29) is 29.9 Å².